The number of carbonyl (C=O) groups excluding carboxylic acids is 1. The van der Waals surface area contributed by atoms with Gasteiger partial charge in [-0.05, 0) is 40.5 Å². The lowest BCUT2D eigenvalue weighted by molar-refractivity contribution is 0.0904. The predicted molar refractivity (Wildman–Crippen MR) is 123 cm³/mol. The van der Waals surface area contributed by atoms with Crippen LogP contribution in [0.5, 0.6) is 0 Å². The van der Waals surface area contributed by atoms with E-state index in [0.717, 1.165) is 28.7 Å². The topological polar surface area (TPSA) is 98.5 Å². The Morgan fingerprint density at radius 2 is 1.91 bits per heavy atom. The molecule has 162 valence electrons. The largest absolute Gasteiger partial charge is 0.335 e. The molecule has 0 unspecified atom stereocenters. The number of H-pyrrole nitrogens is 1. The van der Waals surface area contributed by atoms with Crippen LogP contribution in [0, 0.1) is 0 Å². The third-order valence-electron chi connectivity index (χ3n) is 5.20. The summed E-state index contributed by atoms with van der Waals surface area (Å²) in [6, 6.07) is 15.9. The van der Waals surface area contributed by atoms with Crippen LogP contribution in [0.4, 0.5) is 0 Å². The quantitative estimate of drug-likeness (QED) is 0.479. The molecule has 2 heterocycles. The summed E-state index contributed by atoms with van der Waals surface area (Å²) < 4.78 is 2.80. The molecule has 8 nitrogen and oxygen atoms in total. The van der Waals surface area contributed by atoms with Crippen molar-refractivity contribution < 1.29 is 4.79 Å². The number of imidazole rings is 1. The smallest absolute Gasteiger partial charge is 0.288 e. The standard InChI is InChI=1S/C24H24N6O2/c1-3-5-11-19-16-30(22(31)4-2)24(32)29(19)15-17-12-13-20(18-9-7-6-8-10-18)21(14-17)23-25-27-28-26-23/h5-14,16H,3-4,15H2,1-2H3,(H,25,26,27,28)/b11-5+. The molecule has 4 aromatic rings. The molecule has 0 aliphatic carbocycles. The van der Waals surface area contributed by atoms with Gasteiger partial charge in [0.15, 0.2) is 0 Å². The summed E-state index contributed by atoms with van der Waals surface area (Å²) in [5, 5.41) is 14.5. The number of rotatable bonds is 7. The molecule has 4 rings (SSSR count). The lowest BCUT2D eigenvalue weighted by Gasteiger charge is -2.11. The second-order valence-corrected chi connectivity index (χ2v) is 7.33. The minimum absolute atomic E-state index is 0.230. The van der Waals surface area contributed by atoms with Crippen LogP contribution in [0.15, 0.2) is 65.6 Å². The zero-order valence-corrected chi connectivity index (χ0v) is 18.0. The van der Waals surface area contributed by atoms with Crippen molar-refractivity contribution in [1.82, 2.24) is 29.8 Å². The number of tetrazole rings is 1. The highest BCUT2D eigenvalue weighted by atomic mass is 16.2. The molecule has 8 heteroatoms. The van der Waals surface area contributed by atoms with E-state index in [4.69, 9.17) is 0 Å². The maximum atomic E-state index is 13.0. The Hall–Kier alpha value is -4.07. The highest BCUT2D eigenvalue weighted by Gasteiger charge is 2.16. The van der Waals surface area contributed by atoms with E-state index in [1.54, 1.807) is 17.7 Å². The molecular weight excluding hydrogens is 404 g/mol. The molecule has 32 heavy (non-hydrogen) atoms. The molecule has 0 bridgehead atoms. The van der Waals surface area contributed by atoms with Crippen LogP contribution in [0.25, 0.3) is 28.6 Å². The van der Waals surface area contributed by atoms with Crippen LogP contribution in [0.2, 0.25) is 0 Å². The van der Waals surface area contributed by atoms with Gasteiger partial charge in [0.2, 0.25) is 11.7 Å². The first-order valence-electron chi connectivity index (χ1n) is 10.6. The Morgan fingerprint density at radius 1 is 1.09 bits per heavy atom. The first-order valence-corrected chi connectivity index (χ1v) is 10.6. The van der Waals surface area contributed by atoms with E-state index >= 15 is 0 Å². The molecule has 0 atom stereocenters. The normalized spacial score (nSPS) is 11.3. The summed E-state index contributed by atoms with van der Waals surface area (Å²) in [7, 11) is 0. The number of hydrogen-bond acceptors (Lipinski definition) is 5. The fraction of sp³-hybridized carbons (Fsp3) is 0.208. The predicted octanol–water partition coefficient (Wildman–Crippen LogP) is 4.02. The average Bonchev–Trinajstić information content (AvgIpc) is 3.47. The minimum atomic E-state index is -0.346. The van der Waals surface area contributed by atoms with Crippen molar-refractivity contribution in [3.8, 4) is 22.5 Å². The van der Waals surface area contributed by atoms with Gasteiger partial charge in [0.25, 0.3) is 0 Å². The van der Waals surface area contributed by atoms with Gasteiger partial charge in [-0.1, -0.05) is 62.4 Å². The van der Waals surface area contributed by atoms with Gasteiger partial charge in [0.05, 0.1) is 12.2 Å². The van der Waals surface area contributed by atoms with Crippen molar-refractivity contribution >= 4 is 12.0 Å². The Morgan fingerprint density at radius 3 is 2.59 bits per heavy atom. The number of hydrogen-bond donors (Lipinski definition) is 1. The number of aromatic amines is 1. The maximum Gasteiger partial charge on any atom is 0.335 e. The molecule has 2 aromatic carbocycles. The van der Waals surface area contributed by atoms with Crippen molar-refractivity contribution in [2.45, 2.75) is 33.2 Å². The number of allylic oxidation sites excluding steroid dienone is 1. The number of nitrogens with zero attached hydrogens (tertiary/aromatic N) is 5. The zero-order valence-electron chi connectivity index (χ0n) is 18.0. The number of benzene rings is 2. The fourth-order valence-electron chi connectivity index (χ4n) is 3.58. The van der Waals surface area contributed by atoms with Crippen LogP contribution < -0.4 is 5.69 Å². The van der Waals surface area contributed by atoms with Gasteiger partial charge in [-0.15, -0.1) is 10.2 Å². The first kappa shape index (κ1) is 21.2. The van der Waals surface area contributed by atoms with Crippen LogP contribution in [-0.2, 0) is 6.54 Å². The lowest BCUT2D eigenvalue weighted by Crippen LogP contribution is -2.29. The summed E-state index contributed by atoms with van der Waals surface area (Å²) in [6.45, 7) is 4.08. The maximum absolute atomic E-state index is 13.0. The van der Waals surface area contributed by atoms with Gasteiger partial charge in [-0.2, -0.15) is 5.21 Å². The highest BCUT2D eigenvalue weighted by molar-refractivity contribution is 5.81. The van der Waals surface area contributed by atoms with E-state index < -0.39 is 0 Å². The summed E-state index contributed by atoms with van der Waals surface area (Å²) in [5.74, 6) is 0.245. The third kappa shape index (κ3) is 4.20. The fourth-order valence-corrected chi connectivity index (χ4v) is 3.58. The van der Waals surface area contributed by atoms with Crippen molar-refractivity contribution in [3.63, 3.8) is 0 Å². The summed E-state index contributed by atoms with van der Waals surface area (Å²) >= 11 is 0. The minimum Gasteiger partial charge on any atom is -0.288 e. The molecule has 0 saturated carbocycles. The van der Waals surface area contributed by atoms with Crippen LogP contribution in [0.3, 0.4) is 0 Å². The monoisotopic (exact) mass is 428 g/mol. The van der Waals surface area contributed by atoms with Crippen LogP contribution in [0.1, 0.15) is 42.7 Å². The molecule has 0 aliphatic rings. The molecule has 2 aromatic heterocycles. The van der Waals surface area contributed by atoms with E-state index in [9.17, 15) is 9.59 Å². The van der Waals surface area contributed by atoms with Crippen molar-refractivity contribution in [2.24, 2.45) is 0 Å². The van der Waals surface area contributed by atoms with Crippen molar-refractivity contribution in [2.75, 3.05) is 0 Å². The van der Waals surface area contributed by atoms with E-state index in [1.165, 1.54) is 4.57 Å². The second kappa shape index (κ2) is 9.38. The zero-order chi connectivity index (χ0) is 22.5. The van der Waals surface area contributed by atoms with Gasteiger partial charge in [-0.3, -0.25) is 9.36 Å². The first-order chi connectivity index (χ1) is 15.6. The van der Waals surface area contributed by atoms with E-state index in [2.05, 4.69) is 20.6 Å². The molecule has 0 aliphatic heterocycles. The summed E-state index contributed by atoms with van der Waals surface area (Å²) in [6.07, 6.45) is 6.54. The second-order valence-electron chi connectivity index (χ2n) is 7.33. The molecule has 0 saturated heterocycles. The Labute approximate surface area is 185 Å². The molecule has 1 N–H and O–H groups in total. The number of aromatic nitrogens is 6. The summed E-state index contributed by atoms with van der Waals surface area (Å²) in [4.78, 5) is 25.2. The Balaban J connectivity index is 1.80. The van der Waals surface area contributed by atoms with Gasteiger partial charge < -0.3 is 0 Å². The van der Waals surface area contributed by atoms with Gasteiger partial charge in [-0.25, -0.2) is 9.36 Å². The Bertz CT molecular complexity index is 1300. The molecule has 0 fully saturated rings. The SMILES string of the molecule is CC/C=C/c1cn(C(=O)CC)c(=O)n1Cc1ccc(-c2ccccc2)c(-c2nn[nH]n2)c1. The van der Waals surface area contributed by atoms with E-state index in [0.29, 0.717) is 18.1 Å². The molecule has 0 spiro atoms. The van der Waals surface area contributed by atoms with E-state index in [1.807, 2.05) is 67.6 Å². The van der Waals surface area contributed by atoms with Gasteiger partial charge in [0.1, 0.15) is 0 Å². The van der Waals surface area contributed by atoms with Crippen LogP contribution >= 0.6 is 0 Å². The lowest BCUT2D eigenvalue weighted by atomic mass is 9.97. The molecular formula is C24H24N6O2. The van der Waals surface area contributed by atoms with Crippen molar-refractivity contribution in [3.05, 3.63) is 82.5 Å². The van der Waals surface area contributed by atoms with Gasteiger partial charge in [0, 0.05) is 18.2 Å². The Kier molecular flexibility index (Phi) is 6.21. The van der Waals surface area contributed by atoms with Crippen LogP contribution in [-0.4, -0.2) is 35.7 Å². The highest BCUT2D eigenvalue weighted by Crippen LogP contribution is 2.31. The number of carbonyl (C=O) groups is 1. The number of nitrogens with one attached hydrogen (secondary N) is 1. The van der Waals surface area contributed by atoms with E-state index in [-0.39, 0.29) is 18.0 Å². The molecule has 0 amide bonds. The molecule has 0 radical (unpaired) electrons. The average molecular weight is 428 g/mol. The van der Waals surface area contributed by atoms with Crippen molar-refractivity contribution in [1.29, 1.82) is 0 Å². The third-order valence-corrected chi connectivity index (χ3v) is 5.20. The van der Waals surface area contributed by atoms with Gasteiger partial charge >= 0.3 is 5.69 Å². The summed E-state index contributed by atoms with van der Waals surface area (Å²) in [5.41, 5.74) is 4.03.